The number of fused-ring (bicyclic) bond motifs is 2. The molecule has 0 bridgehead atoms. The fourth-order valence-corrected chi connectivity index (χ4v) is 13.0. The molecule has 2 aliphatic rings. The Balaban J connectivity index is 1.00. The largest absolute Gasteiger partial charge is 0.489 e. The van der Waals surface area contributed by atoms with Gasteiger partial charge in [0.15, 0.2) is 41.3 Å². The second-order valence-electron chi connectivity index (χ2n) is 25.5. The smallest absolute Gasteiger partial charge is 0.303 e. The van der Waals surface area contributed by atoms with Crippen LogP contribution in [0.1, 0.15) is 104 Å². The Labute approximate surface area is 605 Å². The molecular weight excluding hydrogens is 1300 g/mol. The quantitative estimate of drug-likeness (QED) is 0.0410. The summed E-state index contributed by atoms with van der Waals surface area (Å²) in [7, 11) is 0. The first-order valence-electron chi connectivity index (χ1n) is 34.8. The molecule has 0 saturated heterocycles. The molecule has 0 unspecified atom stereocenters. The van der Waals surface area contributed by atoms with Crippen molar-refractivity contribution in [3.8, 4) is 57.5 Å². The SMILES string of the molecule is CC(=O)O[C@@H]1[C@@H](c2c(OCc3ccccc3)cc(OCc3ccccc3)c3c2O[C@H](c2ccc(OCc4ccccc4)c(OCc4ccccc4)c2)[C@H](OC(C)=O)C3)c2c(OCc3ccccc3)cc(OCc3ccccc3)cc2O[C@@H]1c1ccc(OCc2ccccc2)c(OCc2ccccc2)c1. The Kier molecular flexibility index (Phi) is 22.0. The lowest BCUT2D eigenvalue weighted by Gasteiger charge is -2.43. The van der Waals surface area contributed by atoms with Gasteiger partial charge in [0.1, 0.15) is 93.5 Å². The third-order valence-corrected chi connectivity index (χ3v) is 18.0. The van der Waals surface area contributed by atoms with E-state index < -0.39 is 42.3 Å². The highest BCUT2D eigenvalue weighted by molar-refractivity contribution is 5.71. The lowest BCUT2D eigenvalue weighted by Crippen LogP contribution is -2.40. The topological polar surface area (TPSA) is 145 Å². The van der Waals surface area contributed by atoms with E-state index in [2.05, 4.69) is 0 Å². The molecule has 2 aliphatic heterocycles. The number of ether oxygens (including phenoxy) is 12. The zero-order chi connectivity index (χ0) is 70.8. The van der Waals surface area contributed by atoms with Crippen LogP contribution in [-0.2, 0) is 78.3 Å². The van der Waals surface area contributed by atoms with Crippen LogP contribution in [0.5, 0.6) is 57.5 Å². The fraction of sp³-hybridized carbons (Fsp3) is 0.178. The predicted octanol–water partition coefficient (Wildman–Crippen LogP) is 19.1. The minimum Gasteiger partial charge on any atom is -0.489 e. The van der Waals surface area contributed by atoms with E-state index in [1.165, 1.54) is 13.8 Å². The molecule has 12 aromatic carbocycles. The Morgan fingerprint density at radius 3 is 1.04 bits per heavy atom. The van der Waals surface area contributed by atoms with Crippen LogP contribution in [0.3, 0.4) is 0 Å². The van der Waals surface area contributed by atoms with Gasteiger partial charge in [-0.2, -0.15) is 0 Å². The van der Waals surface area contributed by atoms with Crippen molar-refractivity contribution in [3.05, 3.63) is 370 Å². The van der Waals surface area contributed by atoms with Gasteiger partial charge in [0, 0.05) is 66.3 Å². The van der Waals surface area contributed by atoms with Crippen molar-refractivity contribution in [2.45, 2.75) is 103 Å². The monoisotopic (exact) mass is 1380 g/mol. The maximum Gasteiger partial charge on any atom is 0.303 e. The van der Waals surface area contributed by atoms with Crippen molar-refractivity contribution >= 4 is 11.9 Å². The van der Waals surface area contributed by atoms with Gasteiger partial charge >= 0.3 is 11.9 Å². The number of benzene rings is 12. The maximum absolute atomic E-state index is 14.6. The molecule has 104 heavy (non-hydrogen) atoms. The van der Waals surface area contributed by atoms with Crippen LogP contribution in [0, 0.1) is 0 Å². The van der Waals surface area contributed by atoms with Gasteiger partial charge in [-0.05, 0) is 68.8 Å². The summed E-state index contributed by atoms with van der Waals surface area (Å²) in [4.78, 5) is 28.4. The zero-order valence-corrected chi connectivity index (χ0v) is 57.8. The van der Waals surface area contributed by atoms with Gasteiger partial charge in [0.05, 0.1) is 5.92 Å². The molecule has 0 N–H and O–H groups in total. The molecule has 0 aromatic heterocycles. The van der Waals surface area contributed by atoms with Gasteiger partial charge < -0.3 is 56.8 Å². The predicted molar refractivity (Wildman–Crippen MR) is 395 cm³/mol. The first kappa shape index (κ1) is 68.7. The average molecular weight is 1380 g/mol. The van der Waals surface area contributed by atoms with Crippen molar-refractivity contribution < 1.29 is 66.4 Å². The molecule has 0 amide bonds. The first-order chi connectivity index (χ1) is 51.2. The summed E-state index contributed by atoms with van der Waals surface area (Å²) in [6, 6.07) is 95.9. The van der Waals surface area contributed by atoms with E-state index in [1.54, 1.807) is 0 Å². The second-order valence-corrected chi connectivity index (χ2v) is 25.5. The molecule has 12 aromatic rings. The van der Waals surface area contributed by atoms with Crippen molar-refractivity contribution in [1.82, 2.24) is 0 Å². The summed E-state index contributed by atoms with van der Waals surface area (Å²) in [5.41, 5.74) is 10.0. The van der Waals surface area contributed by atoms with Crippen LogP contribution in [0.4, 0.5) is 0 Å². The van der Waals surface area contributed by atoms with E-state index in [0.717, 1.165) is 44.5 Å². The summed E-state index contributed by atoms with van der Waals surface area (Å²) in [6.07, 6.45) is -4.34. The molecule has 14 heteroatoms. The number of rotatable bonds is 29. The van der Waals surface area contributed by atoms with Crippen LogP contribution in [-0.4, -0.2) is 24.1 Å². The van der Waals surface area contributed by atoms with Crippen molar-refractivity contribution in [1.29, 1.82) is 0 Å². The number of hydrogen-bond donors (Lipinski definition) is 0. The Morgan fingerprint density at radius 2 is 0.654 bits per heavy atom. The lowest BCUT2D eigenvalue weighted by atomic mass is 9.77. The summed E-state index contributed by atoms with van der Waals surface area (Å²) in [6.45, 7) is 4.22. The third-order valence-electron chi connectivity index (χ3n) is 18.0. The highest BCUT2D eigenvalue weighted by Gasteiger charge is 2.50. The van der Waals surface area contributed by atoms with Crippen LogP contribution >= 0.6 is 0 Å². The van der Waals surface area contributed by atoms with Crippen LogP contribution in [0.25, 0.3) is 0 Å². The second kappa shape index (κ2) is 33.4. The van der Waals surface area contributed by atoms with Crippen molar-refractivity contribution in [2.24, 2.45) is 0 Å². The first-order valence-corrected chi connectivity index (χ1v) is 34.8. The highest BCUT2D eigenvalue weighted by atomic mass is 16.6. The number of esters is 2. The van der Waals surface area contributed by atoms with E-state index in [0.29, 0.717) is 85.3 Å². The summed E-state index contributed by atoms with van der Waals surface area (Å²) < 4.78 is 83.9. The highest BCUT2D eigenvalue weighted by Crippen LogP contribution is 2.59. The van der Waals surface area contributed by atoms with Gasteiger partial charge in [0.2, 0.25) is 0 Å². The van der Waals surface area contributed by atoms with E-state index in [1.807, 2.05) is 297 Å². The summed E-state index contributed by atoms with van der Waals surface area (Å²) in [5.74, 6) is 1.72. The van der Waals surface area contributed by atoms with E-state index in [4.69, 9.17) is 56.8 Å². The minimum atomic E-state index is -1.26. The average Bonchev–Trinajstić information content (AvgIpc) is 0.719. The van der Waals surface area contributed by atoms with Crippen molar-refractivity contribution in [2.75, 3.05) is 0 Å². The van der Waals surface area contributed by atoms with Gasteiger partial charge in [-0.3, -0.25) is 9.59 Å². The van der Waals surface area contributed by atoms with E-state index in [9.17, 15) is 9.59 Å². The van der Waals surface area contributed by atoms with E-state index in [-0.39, 0.29) is 59.3 Å². The van der Waals surface area contributed by atoms with Gasteiger partial charge in [-0.15, -0.1) is 0 Å². The van der Waals surface area contributed by atoms with Gasteiger partial charge in [0.25, 0.3) is 0 Å². The van der Waals surface area contributed by atoms with Gasteiger partial charge in [-0.1, -0.05) is 255 Å². The van der Waals surface area contributed by atoms with E-state index >= 15 is 0 Å². The molecule has 5 atom stereocenters. The number of hydrogen-bond acceptors (Lipinski definition) is 14. The maximum atomic E-state index is 14.6. The molecule has 0 radical (unpaired) electrons. The molecule has 522 valence electrons. The van der Waals surface area contributed by atoms with Gasteiger partial charge in [-0.25, -0.2) is 0 Å². The summed E-state index contributed by atoms with van der Waals surface area (Å²) >= 11 is 0. The van der Waals surface area contributed by atoms with Crippen LogP contribution in [0.15, 0.2) is 297 Å². The Morgan fingerprint density at radius 1 is 0.317 bits per heavy atom. The fourth-order valence-electron chi connectivity index (χ4n) is 13.0. The molecule has 0 fully saturated rings. The zero-order valence-electron chi connectivity index (χ0n) is 57.8. The number of carbonyl (C=O) groups is 2. The molecule has 0 spiro atoms. The molecular formula is C90H78O14. The normalized spacial score (nSPS) is 15.6. The third kappa shape index (κ3) is 17.3. The summed E-state index contributed by atoms with van der Waals surface area (Å²) in [5, 5.41) is 0. The van der Waals surface area contributed by atoms with Crippen LogP contribution in [0.2, 0.25) is 0 Å². The minimum absolute atomic E-state index is 0.0655. The molecule has 0 aliphatic carbocycles. The molecule has 14 nitrogen and oxygen atoms in total. The lowest BCUT2D eigenvalue weighted by molar-refractivity contribution is -0.154. The van der Waals surface area contributed by atoms with Crippen LogP contribution < -0.4 is 47.4 Å². The Hall–Kier alpha value is -12.4. The van der Waals surface area contributed by atoms with Crippen molar-refractivity contribution in [3.63, 3.8) is 0 Å². The Bertz CT molecular complexity index is 4800. The standard InChI is InChI=1S/C90H78O14/c1-61(91)101-83-51-74-77(96-56-66-33-17-6-18-34-66)52-81(100-60-70-41-25-10-26-42-70)85(89(74)104-87(83)71-43-45-75(94-54-64-29-13-4-14-30-64)78(47-71)97-57-67-35-19-7-20-36-67)86-84-80(99-59-69-39-23-9-24-40-69)49-73(93-53-63-27-11-3-12-28-63)50-82(84)103-88(90(86)102-62(2)92)72-44-46-76(95-55-65-31-15-5-16-32-65)79(48-72)98-58-68-37-21-8-22-38-68/h3-50,52,83,86-88,90H,51,53-60H2,1-2H3/t83-,86-,87-,88-,90-/m1/s1. The molecule has 2 heterocycles. The molecule has 0 saturated carbocycles. The molecule has 14 rings (SSSR count). The number of carbonyl (C=O) groups excluding carboxylic acids is 2.